The number of hydrogen-bond acceptors (Lipinski definition) is 4. The van der Waals surface area contributed by atoms with Gasteiger partial charge in [0.2, 0.25) is 0 Å². The minimum Gasteiger partial charge on any atom is -0.481 e. The maximum atomic E-state index is 12.2. The fourth-order valence-corrected chi connectivity index (χ4v) is 2.11. The topological polar surface area (TPSA) is 73.7 Å². The van der Waals surface area contributed by atoms with Crippen molar-refractivity contribution in [1.29, 1.82) is 0 Å². The van der Waals surface area contributed by atoms with E-state index in [4.69, 9.17) is 5.11 Å². The van der Waals surface area contributed by atoms with Crippen molar-refractivity contribution in [3.63, 3.8) is 0 Å². The Kier molecular flexibility index (Phi) is 4.46. The van der Waals surface area contributed by atoms with Gasteiger partial charge < -0.3 is 10.0 Å². The van der Waals surface area contributed by atoms with Crippen LogP contribution in [0.2, 0.25) is 0 Å². The fourth-order valence-electron chi connectivity index (χ4n) is 2.11. The number of hydrogen-bond donors (Lipinski definition) is 1. The number of carbonyl (C=O) groups is 2. The standard InChI is InChI=1S/C13H17N3O3/c17-12(18)3-6-15-7-9-16(10-8-15)13(19)11-1-4-14-5-2-11/h1-2,4-5H,3,6-10H2,(H,17,18). The third-order valence-corrected chi connectivity index (χ3v) is 3.23. The maximum Gasteiger partial charge on any atom is 0.304 e. The van der Waals surface area contributed by atoms with E-state index >= 15 is 0 Å². The Labute approximate surface area is 111 Å². The molecule has 6 heteroatoms. The normalized spacial score (nSPS) is 16.3. The second-order valence-electron chi connectivity index (χ2n) is 4.51. The van der Waals surface area contributed by atoms with E-state index in [0.29, 0.717) is 25.2 Å². The summed E-state index contributed by atoms with van der Waals surface area (Å²) < 4.78 is 0. The van der Waals surface area contributed by atoms with Crippen LogP contribution in [0.5, 0.6) is 0 Å². The van der Waals surface area contributed by atoms with Crippen LogP contribution in [0.15, 0.2) is 24.5 Å². The molecule has 1 aromatic rings. The molecule has 0 radical (unpaired) electrons. The van der Waals surface area contributed by atoms with Gasteiger partial charge in [-0.05, 0) is 12.1 Å². The molecule has 0 aromatic carbocycles. The van der Waals surface area contributed by atoms with Crippen molar-refractivity contribution in [1.82, 2.24) is 14.8 Å². The molecular formula is C13H17N3O3. The Balaban J connectivity index is 1.83. The van der Waals surface area contributed by atoms with Crippen molar-refractivity contribution in [3.8, 4) is 0 Å². The summed E-state index contributed by atoms with van der Waals surface area (Å²) in [5, 5.41) is 8.64. The van der Waals surface area contributed by atoms with Crippen LogP contribution in [-0.4, -0.2) is 64.5 Å². The van der Waals surface area contributed by atoms with Gasteiger partial charge in [-0.2, -0.15) is 0 Å². The summed E-state index contributed by atoms with van der Waals surface area (Å²) >= 11 is 0. The van der Waals surface area contributed by atoms with E-state index < -0.39 is 5.97 Å². The van der Waals surface area contributed by atoms with Crippen LogP contribution < -0.4 is 0 Å². The monoisotopic (exact) mass is 263 g/mol. The van der Waals surface area contributed by atoms with Crippen LogP contribution in [0.25, 0.3) is 0 Å². The van der Waals surface area contributed by atoms with Gasteiger partial charge in [-0.15, -0.1) is 0 Å². The first-order chi connectivity index (χ1) is 9.16. The summed E-state index contributed by atoms with van der Waals surface area (Å²) in [7, 11) is 0. The average molecular weight is 263 g/mol. The Hall–Kier alpha value is -1.95. The lowest BCUT2D eigenvalue weighted by Gasteiger charge is -2.34. The second-order valence-corrected chi connectivity index (χ2v) is 4.51. The Morgan fingerprint density at radius 1 is 1.16 bits per heavy atom. The first-order valence-electron chi connectivity index (χ1n) is 6.30. The van der Waals surface area contributed by atoms with Crippen LogP contribution >= 0.6 is 0 Å². The molecule has 2 heterocycles. The Morgan fingerprint density at radius 3 is 2.37 bits per heavy atom. The second kappa shape index (κ2) is 6.29. The molecule has 0 aliphatic carbocycles. The van der Waals surface area contributed by atoms with Gasteiger partial charge in [0.1, 0.15) is 0 Å². The van der Waals surface area contributed by atoms with Gasteiger partial charge in [0, 0.05) is 50.7 Å². The lowest BCUT2D eigenvalue weighted by molar-refractivity contribution is -0.137. The zero-order valence-corrected chi connectivity index (χ0v) is 10.7. The fraction of sp³-hybridized carbons (Fsp3) is 0.462. The molecule has 102 valence electrons. The zero-order chi connectivity index (χ0) is 13.7. The number of aromatic nitrogens is 1. The highest BCUT2D eigenvalue weighted by atomic mass is 16.4. The molecule has 1 aliphatic rings. The van der Waals surface area contributed by atoms with Crippen LogP contribution in [-0.2, 0) is 4.79 Å². The van der Waals surface area contributed by atoms with Gasteiger partial charge in [0.05, 0.1) is 6.42 Å². The lowest BCUT2D eigenvalue weighted by atomic mass is 10.2. The van der Waals surface area contributed by atoms with Gasteiger partial charge in [0.25, 0.3) is 5.91 Å². The summed E-state index contributed by atoms with van der Waals surface area (Å²) in [4.78, 5) is 30.4. The largest absolute Gasteiger partial charge is 0.481 e. The number of carbonyl (C=O) groups excluding carboxylic acids is 1. The highest BCUT2D eigenvalue weighted by Gasteiger charge is 2.22. The molecule has 1 saturated heterocycles. The van der Waals surface area contributed by atoms with Crippen molar-refractivity contribution >= 4 is 11.9 Å². The van der Waals surface area contributed by atoms with Crippen LogP contribution in [0.4, 0.5) is 0 Å². The molecule has 19 heavy (non-hydrogen) atoms. The predicted octanol–water partition coefficient (Wildman–Crippen LogP) is 0.314. The van der Waals surface area contributed by atoms with Crippen LogP contribution in [0.3, 0.4) is 0 Å². The van der Waals surface area contributed by atoms with E-state index in [1.807, 2.05) is 0 Å². The van der Waals surface area contributed by atoms with E-state index in [1.165, 1.54) is 0 Å². The molecular weight excluding hydrogens is 246 g/mol. The van der Waals surface area contributed by atoms with E-state index in [0.717, 1.165) is 13.1 Å². The minimum atomic E-state index is -0.782. The molecule has 6 nitrogen and oxygen atoms in total. The van der Waals surface area contributed by atoms with Gasteiger partial charge in [-0.1, -0.05) is 0 Å². The number of pyridine rings is 1. The zero-order valence-electron chi connectivity index (χ0n) is 10.7. The average Bonchev–Trinajstić information content (AvgIpc) is 2.46. The molecule has 1 fully saturated rings. The van der Waals surface area contributed by atoms with Crippen LogP contribution in [0, 0.1) is 0 Å². The molecule has 1 aliphatic heterocycles. The van der Waals surface area contributed by atoms with E-state index in [-0.39, 0.29) is 12.3 Å². The molecule has 1 amide bonds. The van der Waals surface area contributed by atoms with Crippen molar-refractivity contribution < 1.29 is 14.7 Å². The highest BCUT2D eigenvalue weighted by Crippen LogP contribution is 2.08. The number of carboxylic acids is 1. The van der Waals surface area contributed by atoms with Gasteiger partial charge >= 0.3 is 5.97 Å². The summed E-state index contributed by atoms with van der Waals surface area (Å²) in [5.41, 5.74) is 0.647. The predicted molar refractivity (Wildman–Crippen MR) is 68.8 cm³/mol. The summed E-state index contributed by atoms with van der Waals surface area (Å²) in [6.07, 6.45) is 3.37. The molecule has 1 aromatic heterocycles. The van der Waals surface area contributed by atoms with Gasteiger partial charge in [-0.25, -0.2) is 0 Å². The SMILES string of the molecule is O=C(O)CCN1CCN(C(=O)c2ccncc2)CC1. The van der Waals surface area contributed by atoms with Crippen molar-refractivity contribution in [2.75, 3.05) is 32.7 Å². The van der Waals surface area contributed by atoms with E-state index in [1.54, 1.807) is 29.4 Å². The number of amides is 1. The number of aliphatic carboxylic acids is 1. The number of nitrogens with zero attached hydrogens (tertiary/aromatic N) is 3. The van der Waals surface area contributed by atoms with Gasteiger partial charge in [-0.3, -0.25) is 19.5 Å². The van der Waals surface area contributed by atoms with Crippen molar-refractivity contribution in [2.45, 2.75) is 6.42 Å². The molecule has 0 atom stereocenters. The van der Waals surface area contributed by atoms with Gasteiger partial charge in [0.15, 0.2) is 0 Å². The lowest BCUT2D eigenvalue weighted by Crippen LogP contribution is -2.49. The summed E-state index contributed by atoms with van der Waals surface area (Å²) in [6, 6.07) is 3.41. The first-order valence-corrected chi connectivity index (χ1v) is 6.30. The van der Waals surface area contributed by atoms with E-state index in [9.17, 15) is 9.59 Å². The number of rotatable bonds is 4. The molecule has 0 unspecified atom stereocenters. The number of carboxylic acid groups (broad SMARTS) is 1. The minimum absolute atomic E-state index is 0.0142. The summed E-state index contributed by atoms with van der Waals surface area (Å²) in [5.74, 6) is -0.768. The number of piperazine rings is 1. The summed E-state index contributed by atoms with van der Waals surface area (Å²) in [6.45, 7) is 3.28. The Morgan fingerprint density at radius 2 is 1.79 bits per heavy atom. The highest BCUT2D eigenvalue weighted by molar-refractivity contribution is 5.94. The Bertz CT molecular complexity index is 442. The molecule has 0 bridgehead atoms. The van der Waals surface area contributed by atoms with E-state index in [2.05, 4.69) is 9.88 Å². The third-order valence-electron chi connectivity index (χ3n) is 3.23. The van der Waals surface area contributed by atoms with Crippen molar-refractivity contribution in [3.05, 3.63) is 30.1 Å². The van der Waals surface area contributed by atoms with Crippen molar-refractivity contribution in [2.24, 2.45) is 0 Å². The molecule has 0 spiro atoms. The molecule has 0 saturated carbocycles. The maximum absolute atomic E-state index is 12.2. The third kappa shape index (κ3) is 3.75. The smallest absolute Gasteiger partial charge is 0.304 e. The quantitative estimate of drug-likeness (QED) is 0.846. The van der Waals surface area contributed by atoms with Crippen LogP contribution in [0.1, 0.15) is 16.8 Å². The first kappa shape index (κ1) is 13.5. The molecule has 2 rings (SSSR count). The molecule has 1 N–H and O–H groups in total.